The van der Waals surface area contributed by atoms with Crippen molar-refractivity contribution in [3.05, 3.63) is 47.1 Å². The fourth-order valence-corrected chi connectivity index (χ4v) is 3.09. The van der Waals surface area contributed by atoms with Crippen LogP contribution in [0.3, 0.4) is 0 Å². The number of aryl methyl sites for hydroxylation is 1. The molecule has 2 N–H and O–H groups in total. The summed E-state index contributed by atoms with van der Waals surface area (Å²) in [4.78, 5) is 19.4. The van der Waals surface area contributed by atoms with Gasteiger partial charge in [-0.3, -0.25) is 4.99 Å². The zero-order valence-corrected chi connectivity index (χ0v) is 17.9. The Labute approximate surface area is 175 Å². The lowest BCUT2D eigenvalue weighted by Gasteiger charge is -2.20. The molecule has 9 heteroatoms. The lowest BCUT2D eigenvalue weighted by molar-refractivity contribution is 0.646. The van der Waals surface area contributed by atoms with Crippen LogP contribution in [0.15, 0.2) is 35.6 Å². The van der Waals surface area contributed by atoms with E-state index in [4.69, 9.17) is 11.6 Å². The molecule has 1 aliphatic heterocycles. The zero-order valence-electron chi connectivity index (χ0n) is 14.8. The van der Waals surface area contributed by atoms with E-state index in [0.717, 1.165) is 42.8 Å². The number of halogens is 2. The standard InChI is InChI=1S/C17H22ClN7.HI/c1-12-20-8-5-13(23-12)10-22-17(19-2)24-14-6-9-25(11-14)16-15(18)4-3-7-21-16;/h3-5,7-8,14H,6,9-11H2,1-2H3,(H2,19,22,24);1H. The van der Waals surface area contributed by atoms with Crippen molar-refractivity contribution >= 4 is 47.4 Å². The molecule has 140 valence electrons. The lowest BCUT2D eigenvalue weighted by Crippen LogP contribution is -2.44. The molecule has 0 saturated carbocycles. The first-order valence-corrected chi connectivity index (χ1v) is 8.64. The Balaban J connectivity index is 0.00000243. The monoisotopic (exact) mass is 487 g/mol. The number of pyridine rings is 1. The van der Waals surface area contributed by atoms with Crippen molar-refractivity contribution < 1.29 is 0 Å². The van der Waals surface area contributed by atoms with Crippen molar-refractivity contribution in [1.82, 2.24) is 25.6 Å². The minimum atomic E-state index is 0. The van der Waals surface area contributed by atoms with Crippen molar-refractivity contribution in [3.63, 3.8) is 0 Å². The predicted octanol–water partition coefficient (Wildman–Crippen LogP) is 2.40. The smallest absolute Gasteiger partial charge is 0.191 e. The Morgan fingerprint density at radius 2 is 2.19 bits per heavy atom. The summed E-state index contributed by atoms with van der Waals surface area (Å²) < 4.78 is 0. The average Bonchev–Trinajstić information content (AvgIpc) is 3.07. The molecule has 0 amide bonds. The normalized spacial score (nSPS) is 17.0. The molecule has 1 saturated heterocycles. The SMILES string of the molecule is CN=C(NCc1ccnc(C)n1)NC1CCN(c2ncccc2Cl)C1.I. The van der Waals surface area contributed by atoms with E-state index in [1.807, 2.05) is 25.1 Å². The highest BCUT2D eigenvalue weighted by molar-refractivity contribution is 14.0. The summed E-state index contributed by atoms with van der Waals surface area (Å²) >= 11 is 6.24. The van der Waals surface area contributed by atoms with Crippen LogP contribution in [-0.2, 0) is 6.54 Å². The maximum absolute atomic E-state index is 6.24. The van der Waals surface area contributed by atoms with Gasteiger partial charge in [-0.15, -0.1) is 24.0 Å². The van der Waals surface area contributed by atoms with Crippen LogP contribution in [0, 0.1) is 6.92 Å². The topological polar surface area (TPSA) is 78.3 Å². The molecule has 3 rings (SSSR count). The second kappa shape index (κ2) is 9.86. The predicted molar refractivity (Wildman–Crippen MR) is 115 cm³/mol. The minimum absolute atomic E-state index is 0. The van der Waals surface area contributed by atoms with Crippen LogP contribution in [-0.4, -0.2) is 47.1 Å². The van der Waals surface area contributed by atoms with Crippen molar-refractivity contribution in [2.45, 2.75) is 25.9 Å². The first-order valence-electron chi connectivity index (χ1n) is 8.27. The van der Waals surface area contributed by atoms with Crippen LogP contribution < -0.4 is 15.5 Å². The number of hydrogen-bond donors (Lipinski definition) is 2. The summed E-state index contributed by atoms with van der Waals surface area (Å²) in [5, 5.41) is 7.43. The third-order valence-corrected chi connectivity index (χ3v) is 4.36. The second-order valence-corrected chi connectivity index (χ2v) is 6.31. The quantitative estimate of drug-likeness (QED) is 0.392. The Hall–Kier alpha value is -1.68. The Morgan fingerprint density at radius 1 is 1.35 bits per heavy atom. The fraction of sp³-hybridized carbons (Fsp3) is 0.412. The number of aromatic nitrogens is 3. The zero-order chi connectivity index (χ0) is 17.6. The van der Waals surface area contributed by atoms with Gasteiger partial charge in [-0.1, -0.05) is 11.6 Å². The van der Waals surface area contributed by atoms with Crippen LogP contribution in [0.5, 0.6) is 0 Å². The fourth-order valence-electron chi connectivity index (χ4n) is 2.85. The van der Waals surface area contributed by atoms with E-state index in [1.54, 1.807) is 19.4 Å². The minimum Gasteiger partial charge on any atom is -0.353 e. The highest BCUT2D eigenvalue weighted by atomic mass is 127. The molecule has 2 aromatic rings. The van der Waals surface area contributed by atoms with Crippen LogP contribution in [0.2, 0.25) is 5.02 Å². The van der Waals surface area contributed by atoms with Gasteiger partial charge in [0.15, 0.2) is 5.96 Å². The summed E-state index contributed by atoms with van der Waals surface area (Å²) in [5.41, 5.74) is 0.934. The Kier molecular flexibility index (Phi) is 7.83. The van der Waals surface area contributed by atoms with Crippen molar-refractivity contribution in [3.8, 4) is 0 Å². The molecule has 1 fully saturated rings. The molecular weight excluding hydrogens is 465 g/mol. The number of guanidine groups is 1. The van der Waals surface area contributed by atoms with E-state index in [9.17, 15) is 0 Å². The van der Waals surface area contributed by atoms with Crippen molar-refractivity contribution in [1.29, 1.82) is 0 Å². The average molecular weight is 488 g/mol. The summed E-state index contributed by atoms with van der Waals surface area (Å²) in [7, 11) is 1.77. The molecular formula is C17H23ClIN7. The van der Waals surface area contributed by atoms with Crippen LogP contribution >= 0.6 is 35.6 Å². The molecule has 26 heavy (non-hydrogen) atoms. The number of rotatable bonds is 4. The van der Waals surface area contributed by atoms with Gasteiger partial charge in [-0.05, 0) is 31.5 Å². The van der Waals surface area contributed by atoms with E-state index in [0.29, 0.717) is 11.6 Å². The molecule has 0 radical (unpaired) electrons. The first-order chi connectivity index (χ1) is 12.2. The number of hydrogen-bond acceptors (Lipinski definition) is 5. The second-order valence-electron chi connectivity index (χ2n) is 5.91. The molecule has 7 nitrogen and oxygen atoms in total. The summed E-state index contributed by atoms with van der Waals surface area (Å²) in [6.07, 6.45) is 4.54. The van der Waals surface area contributed by atoms with Crippen molar-refractivity contribution in [2.24, 2.45) is 4.99 Å². The lowest BCUT2D eigenvalue weighted by atomic mass is 10.3. The summed E-state index contributed by atoms with van der Waals surface area (Å²) in [6, 6.07) is 5.90. The van der Waals surface area contributed by atoms with E-state index < -0.39 is 0 Å². The van der Waals surface area contributed by atoms with Gasteiger partial charge in [0.25, 0.3) is 0 Å². The van der Waals surface area contributed by atoms with Crippen LogP contribution in [0.4, 0.5) is 5.82 Å². The molecule has 0 bridgehead atoms. The third kappa shape index (κ3) is 5.41. The van der Waals surface area contributed by atoms with Gasteiger partial charge < -0.3 is 15.5 Å². The summed E-state index contributed by atoms with van der Waals surface area (Å²) in [6.45, 7) is 4.23. The molecule has 1 atom stereocenters. The van der Waals surface area contributed by atoms with Gasteiger partial charge in [0, 0.05) is 38.6 Å². The first kappa shape index (κ1) is 20.6. The number of anilines is 1. The van der Waals surface area contributed by atoms with Crippen molar-refractivity contribution in [2.75, 3.05) is 25.0 Å². The van der Waals surface area contributed by atoms with E-state index >= 15 is 0 Å². The number of nitrogens with zero attached hydrogens (tertiary/aromatic N) is 5. The van der Waals surface area contributed by atoms with Crippen LogP contribution in [0.25, 0.3) is 0 Å². The van der Waals surface area contributed by atoms with Crippen LogP contribution in [0.1, 0.15) is 17.9 Å². The van der Waals surface area contributed by atoms with Gasteiger partial charge in [-0.2, -0.15) is 0 Å². The highest BCUT2D eigenvalue weighted by Crippen LogP contribution is 2.25. The Bertz CT molecular complexity index is 755. The van der Waals surface area contributed by atoms with E-state index in [2.05, 4.69) is 35.5 Å². The van der Waals surface area contributed by atoms with Gasteiger partial charge in [0.05, 0.1) is 17.3 Å². The highest BCUT2D eigenvalue weighted by Gasteiger charge is 2.25. The molecule has 0 aliphatic carbocycles. The Morgan fingerprint density at radius 3 is 2.92 bits per heavy atom. The van der Waals surface area contributed by atoms with Gasteiger partial charge >= 0.3 is 0 Å². The molecule has 1 unspecified atom stereocenters. The largest absolute Gasteiger partial charge is 0.353 e. The maximum atomic E-state index is 6.24. The maximum Gasteiger partial charge on any atom is 0.191 e. The number of nitrogens with one attached hydrogen (secondary N) is 2. The van der Waals surface area contributed by atoms with E-state index in [1.165, 1.54) is 0 Å². The molecule has 0 spiro atoms. The molecule has 1 aliphatic rings. The molecule has 2 aromatic heterocycles. The summed E-state index contributed by atoms with van der Waals surface area (Å²) in [5.74, 6) is 2.36. The number of aliphatic imine (C=N–C) groups is 1. The third-order valence-electron chi connectivity index (χ3n) is 4.06. The van der Waals surface area contributed by atoms with E-state index in [-0.39, 0.29) is 30.0 Å². The van der Waals surface area contributed by atoms with Gasteiger partial charge in [-0.25, -0.2) is 15.0 Å². The molecule has 0 aromatic carbocycles. The van der Waals surface area contributed by atoms with Gasteiger partial charge in [0.2, 0.25) is 0 Å². The van der Waals surface area contributed by atoms with Gasteiger partial charge in [0.1, 0.15) is 11.6 Å². The molecule has 3 heterocycles.